The van der Waals surface area contributed by atoms with Crippen molar-refractivity contribution in [1.29, 1.82) is 0 Å². The van der Waals surface area contributed by atoms with Crippen molar-refractivity contribution in [2.75, 3.05) is 19.0 Å². The quantitative estimate of drug-likeness (QED) is 0.293. The number of hydrogen-bond acceptors (Lipinski definition) is 2. The molecule has 146 valence electrons. The molecule has 0 aliphatic heterocycles. The highest BCUT2D eigenvalue weighted by Crippen LogP contribution is 2.22. The number of rotatable bonds is 13. The summed E-state index contributed by atoms with van der Waals surface area (Å²) >= 11 is 5.66. The van der Waals surface area contributed by atoms with E-state index in [9.17, 15) is 9.59 Å². The third-order valence-corrected chi connectivity index (χ3v) is 4.42. The third kappa shape index (κ3) is 10.5. The van der Waals surface area contributed by atoms with Crippen molar-refractivity contribution in [2.45, 2.75) is 78.7 Å². The lowest BCUT2D eigenvalue weighted by atomic mass is 9.85. The van der Waals surface area contributed by atoms with Gasteiger partial charge in [-0.2, -0.15) is 0 Å². The second-order valence-electron chi connectivity index (χ2n) is 7.65. The van der Waals surface area contributed by atoms with Crippen molar-refractivity contribution in [3.63, 3.8) is 0 Å². The highest BCUT2D eigenvalue weighted by atomic mass is 35.5. The molecule has 0 saturated heterocycles. The molecule has 1 N–H and O–H groups in total. The fourth-order valence-corrected chi connectivity index (χ4v) is 2.78. The second kappa shape index (κ2) is 13.2. The molecular weight excluding hydrogens is 336 g/mol. The fourth-order valence-electron chi connectivity index (χ4n) is 2.59. The van der Waals surface area contributed by atoms with E-state index in [1.165, 1.54) is 0 Å². The monoisotopic (exact) mass is 372 g/mol. The van der Waals surface area contributed by atoms with Gasteiger partial charge in [-0.15, -0.1) is 18.2 Å². The first-order chi connectivity index (χ1) is 11.8. The molecule has 5 heteroatoms. The zero-order valence-electron chi connectivity index (χ0n) is 16.6. The van der Waals surface area contributed by atoms with Crippen LogP contribution in [0.5, 0.6) is 0 Å². The van der Waals surface area contributed by atoms with E-state index in [-0.39, 0.29) is 17.2 Å². The lowest BCUT2D eigenvalue weighted by Crippen LogP contribution is -2.55. The van der Waals surface area contributed by atoms with Gasteiger partial charge in [0.05, 0.1) is 0 Å². The van der Waals surface area contributed by atoms with Crippen LogP contribution in [-0.2, 0) is 9.59 Å². The minimum atomic E-state index is -0.514. The van der Waals surface area contributed by atoms with Gasteiger partial charge >= 0.3 is 0 Å². The summed E-state index contributed by atoms with van der Waals surface area (Å²) in [6, 6.07) is -0.514. The molecule has 0 rings (SSSR count). The van der Waals surface area contributed by atoms with Gasteiger partial charge in [-0.3, -0.25) is 9.59 Å². The summed E-state index contributed by atoms with van der Waals surface area (Å²) in [6.45, 7) is 13.0. The van der Waals surface area contributed by atoms with Gasteiger partial charge in [-0.1, -0.05) is 53.0 Å². The number of hydrogen-bond donors (Lipinski definition) is 1. The van der Waals surface area contributed by atoms with Gasteiger partial charge in [0.15, 0.2) is 0 Å². The maximum Gasteiger partial charge on any atom is 0.245 e. The molecule has 1 unspecified atom stereocenters. The number of halogens is 1. The number of amides is 2. The predicted octanol–water partition coefficient (Wildman–Crippen LogP) is 4.52. The van der Waals surface area contributed by atoms with Gasteiger partial charge in [-0.25, -0.2) is 0 Å². The number of unbranched alkanes of at least 4 members (excludes halogenated alkanes) is 4. The van der Waals surface area contributed by atoms with Crippen LogP contribution in [0.4, 0.5) is 0 Å². The molecule has 0 aliphatic rings. The molecule has 0 fully saturated rings. The molecule has 0 heterocycles. The normalized spacial score (nSPS) is 12.5. The minimum absolute atomic E-state index is 0.0173. The van der Waals surface area contributed by atoms with Crippen LogP contribution in [0.15, 0.2) is 12.7 Å². The first kappa shape index (κ1) is 24.0. The molecule has 4 nitrogen and oxygen atoms in total. The van der Waals surface area contributed by atoms with Crippen molar-refractivity contribution in [3.8, 4) is 0 Å². The van der Waals surface area contributed by atoms with Crippen LogP contribution in [0.25, 0.3) is 0 Å². The Morgan fingerprint density at radius 1 is 1.16 bits per heavy atom. The smallest absolute Gasteiger partial charge is 0.245 e. The van der Waals surface area contributed by atoms with Crippen molar-refractivity contribution in [3.05, 3.63) is 12.7 Å². The molecule has 0 radical (unpaired) electrons. The number of carbonyl (C=O) groups is 2. The number of alkyl halides is 1. The van der Waals surface area contributed by atoms with Gasteiger partial charge in [0.25, 0.3) is 0 Å². The maximum atomic E-state index is 13.0. The lowest BCUT2D eigenvalue weighted by Gasteiger charge is -2.34. The van der Waals surface area contributed by atoms with Gasteiger partial charge < -0.3 is 10.2 Å². The third-order valence-electron chi connectivity index (χ3n) is 4.15. The summed E-state index contributed by atoms with van der Waals surface area (Å²) in [5, 5.41) is 2.97. The first-order valence-corrected chi connectivity index (χ1v) is 10.1. The van der Waals surface area contributed by atoms with E-state index in [4.69, 9.17) is 11.6 Å². The highest BCUT2D eigenvalue weighted by molar-refractivity contribution is 6.17. The Morgan fingerprint density at radius 3 is 2.32 bits per heavy atom. The number of nitrogens with one attached hydrogen (secondary N) is 1. The Bertz CT molecular complexity index is 405. The summed E-state index contributed by atoms with van der Waals surface area (Å²) in [5.74, 6) is 0.605. The van der Waals surface area contributed by atoms with Crippen molar-refractivity contribution >= 4 is 23.4 Å². The molecule has 0 saturated carbocycles. The highest BCUT2D eigenvalue weighted by Gasteiger charge is 2.35. The van der Waals surface area contributed by atoms with E-state index in [1.807, 2.05) is 20.8 Å². The Morgan fingerprint density at radius 2 is 1.80 bits per heavy atom. The Labute approximate surface area is 159 Å². The molecule has 0 aromatic rings. The zero-order valence-corrected chi connectivity index (χ0v) is 17.3. The summed E-state index contributed by atoms with van der Waals surface area (Å²) in [6.07, 6.45) is 8.03. The topological polar surface area (TPSA) is 49.4 Å². The van der Waals surface area contributed by atoms with Crippen molar-refractivity contribution < 1.29 is 9.59 Å². The Hall–Kier alpha value is -1.03. The molecule has 0 aromatic heterocycles. The van der Waals surface area contributed by atoms with E-state index in [2.05, 4.69) is 18.8 Å². The number of carbonyl (C=O) groups excluding carboxylic acids is 2. The van der Waals surface area contributed by atoms with Crippen LogP contribution in [0.3, 0.4) is 0 Å². The lowest BCUT2D eigenvalue weighted by molar-refractivity contribution is -0.139. The maximum absolute atomic E-state index is 13.0. The van der Waals surface area contributed by atoms with E-state index in [0.29, 0.717) is 25.4 Å². The summed E-state index contributed by atoms with van der Waals surface area (Å²) in [4.78, 5) is 27.1. The van der Waals surface area contributed by atoms with Gasteiger partial charge in [-0.05, 0) is 24.7 Å². The zero-order chi connectivity index (χ0) is 19.3. The van der Waals surface area contributed by atoms with Crippen LogP contribution in [0.2, 0.25) is 0 Å². The summed E-state index contributed by atoms with van der Waals surface area (Å²) < 4.78 is 0. The summed E-state index contributed by atoms with van der Waals surface area (Å²) in [7, 11) is 0. The average molecular weight is 373 g/mol. The van der Waals surface area contributed by atoms with Gasteiger partial charge in [0.1, 0.15) is 6.04 Å². The second-order valence-corrected chi connectivity index (χ2v) is 8.02. The molecule has 0 spiro atoms. The van der Waals surface area contributed by atoms with E-state index in [1.54, 1.807) is 11.0 Å². The Balaban J connectivity index is 4.79. The number of nitrogens with zero attached hydrogens (tertiary/aromatic N) is 1. The van der Waals surface area contributed by atoms with Crippen LogP contribution >= 0.6 is 11.6 Å². The average Bonchev–Trinajstić information content (AvgIpc) is 2.54. The first-order valence-electron chi connectivity index (χ1n) is 9.52. The summed E-state index contributed by atoms with van der Waals surface area (Å²) in [5.41, 5.74) is -0.336. The van der Waals surface area contributed by atoms with E-state index >= 15 is 0 Å². The van der Waals surface area contributed by atoms with Crippen molar-refractivity contribution in [2.24, 2.45) is 5.41 Å². The molecule has 2 amide bonds. The van der Waals surface area contributed by atoms with Gasteiger partial charge in [0, 0.05) is 25.4 Å². The van der Waals surface area contributed by atoms with Crippen LogP contribution in [0.1, 0.15) is 72.6 Å². The van der Waals surface area contributed by atoms with Crippen molar-refractivity contribution in [1.82, 2.24) is 10.2 Å². The van der Waals surface area contributed by atoms with Gasteiger partial charge in [0.2, 0.25) is 11.8 Å². The molecule has 0 aliphatic carbocycles. The molecular formula is C20H37ClN2O2. The van der Waals surface area contributed by atoms with Crippen LogP contribution in [0, 0.1) is 5.41 Å². The minimum Gasteiger partial charge on any atom is -0.344 e. The molecule has 0 aromatic carbocycles. The fraction of sp³-hybridized carbons (Fsp3) is 0.800. The predicted molar refractivity (Wildman–Crippen MR) is 107 cm³/mol. The largest absolute Gasteiger partial charge is 0.344 e. The Kier molecular flexibility index (Phi) is 12.7. The SMILES string of the molecule is C=CCN(CCCC)C(=O)C(NC(=O)CCCCCCCl)C(C)(C)C. The molecule has 0 bridgehead atoms. The molecule has 1 atom stereocenters. The van der Waals surface area contributed by atoms with E-state index in [0.717, 1.165) is 38.5 Å². The standard InChI is InChI=1S/C20H37ClN2O2/c1-6-8-16-23(15-7-2)19(25)18(20(3,4)5)22-17(24)13-11-9-10-12-14-21/h7,18H,2,6,8-16H2,1,3-5H3,(H,22,24). The molecule has 25 heavy (non-hydrogen) atoms. The van der Waals surface area contributed by atoms with Crippen LogP contribution < -0.4 is 5.32 Å². The van der Waals surface area contributed by atoms with E-state index < -0.39 is 6.04 Å². The van der Waals surface area contributed by atoms with Crippen LogP contribution in [-0.4, -0.2) is 41.7 Å².